The van der Waals surface area contributed by atoms with Crippen molar-refractivity contribution in [1.29, 1.82) is 0 Å². The maximum Gasteiger partial charge on any atom is 0.314 e. The number of hydrogen-bond acceptors (Lipinski definition) is 2. The number of carbonyl (C=O) groups is 2. The van der Waals surface area contributed by atoms with Crippen molar-refractivity contribution in [2.45, 2.75) is 25.2 Å². The number of likely N-dealkylation sites (tertiary alicyclic amines) is 1. The monoisotopic (exact) mass is 362 g/mol. The van der Waals surface area contributed by atoms with Crippen LogP contribution in [0.5, 0.6) is 0 Å². The number of rotatable bonds is 3. The molecule has 1 aliphatic heterocycles. The van der Waals surface area contributed by atoms with E-state index in [0.29, 0.717) is 31.6 Å². The SMILES string of the molecule is Cc1ccc2cc(C(=O)N3CCC(C(=O)O)(c4ccccc4)CC3)[nH]c2c1. The topological polar surface area (TPSA) is 73.4 Å². The first-order valence-corrected chi connectivity index (χ1v) is 9.17. The maximum atomic E-state index is 12.9. The largest absolute Gasteiger partial charge is 0.481 e. The minimum Gasteiger partial charge on any atom is -0.481 e. The Morgan fingerprint density at radius 3 is 2.41 bits per heavy atom. The third-order valence-electron chi connectivity index (χ3n) is 5.65. The molecule has 138 valence electrons. The molecule has 3 aromatic rings. The van der Waals surface area contributed by atoms with Gasteiger partial charge < -0.3 is 15.0 Å². The van der Waals surface area contributed by atoms with Crippen LogP contribution in [0.4, 0.5) is 0 Å². The number of aliphatic carboxylic acids is 1. The normalized spacial score (nSPS) is 16.4. The summed E-state index contributed by atoms with van der Waals surface area (Å²) < 4.78 is 0. The zero-order chi connectivity index (χ0) is 19.0. The second-order valence-corrected chi connectivity index (χ2v) is 7.32. The maximum absolute atomic E-state index is 12.9. The summed E-state index contributed by atoms with van der Waals surface area (Å²) in [4.78, 5) is 29.9. The number of nitrogens with zero attached hydrogens (tertiary/aromatic N) is 1. The van der Waals surface area contributed by atoms with Gasteiger partial charge in [-0.15, -0.1) is 0 Å². The van der Waals surface area contributed by atoms with E-state index in [1.54, 1.807) is 4.90 Å². The summed E-state index contributed by atoms with van der Waals surface area (Å²) in [6.07, 6.45) is 0.828. The molecule has 0 bridgehead atoms. The number of carboxylic acid groups (broad SMARTS) is 1. The van der Waals surface area contributed by atoms with Crippen LogP contribution in [0, 0.1) is 6.92 Å². The molecule has 2 aromatic carbocycles. The molecular weight excluding hydrogens is 340 g/mol. The van der Waals surface area contributed by atoms with E-state index in [-0.39, 0.29) is 5.91 Å². The van der Waals surface area contributed by atoms with Crippen LogP contribution in [0.2, 0.25) is 0 Å². The van der Waals surface area contributed by atoms with Crippen LogP contribution < -0.4 is 0 Å². The van der Waals surface area contributed by atoms with E-state index < -0.39 is 11.4 Å². The van der Waals surface area contributed by atoms with E-state index in [4.69, 9.17) is 0 Å². The number of nitrogens with one attached hydrogen (secondary N) is 1. The molecule has 1 amide bonds. The second kappa shape index (κ2) is 6.58. The molecule has 0 atom stereocenters. The zero-order valence-electron chi connectivity index (χ0n) is 15.2. The molecule has 2 heterocycles. The summed E-state index contributed by atoms with van der Waals surface area (Å²) in [5.74, 6) is -0.891. The number of hydrogen-bond donors (Lipinski definition) is 2. The Balaban J connectivity index is 1.55. The Kier molecular flexibility index (Phi) is 4.22. The van der Waals surface area contributed by atoms with E-state index >= 15 is 0 Å². The lowest BCUT2D eigenvalue weighted by atomic mass is 9.73. The van der Waals surface area contributed by atoms with Crippen LogP contribution in [0.25, 0.3) is 10.9 Å². The highest BCUT2D eigenvalue weighted by molar-refractivity contribution is 5.98. The molecule has 0 saturated carbocycles. The molecular formula is C22H22N2O3. The van der Waals surface area contributed by atoms with Crippen LogP contribution in [-0.2, 0) is 10.2 Å². The zero-order valence-corrected chi connectivity index (χ0v) is 15.2. The molecule has 1 fully saturated rings. The van der Waals surface area contributed by atoms with Crippen LogP contribution in [0.1, 0.15) is 34.5 Å². The summed E-state index contributed by atoms with van der Waals surface area (Å²) in [6.45, 7) is 2.87. The summed E-state index contributed by atoms with van der Waals surface area (Å²) in [5, 5.41) is 10.9. The lowest BCUT2D eigenvalue weighted by Crippen LogP contribution is -2.49. The van der Waals surface area contributed by atoms with Crippen molar-refractivity contribution in [3.05, 3.63) is 71.4 Å². The number of aromatic amines is 1. The molecule has 2 N–H and O–H groups in total. The van der Waals surface area contributed by atoms with Crippen molar-refractivity contribution >= 4 is 22.8 Å². The Morgan fingerprint density at radius 1 is 1.04 bits per heavy atom. The van der Waals surface area contributed by atoms with E-state index in [1.165, 1.54) is 0 Å². The van der Waals surface area contributed by atoms with E-state index in [9.17, 15) is 14.7 Å². The number of fused-ring (bicyclic) bond motifs is 1. The summed E-state index contributed by atoms with van der Waals surface area (Å²) in [7, 11) is 0. The molecule has 1 saturated heterocycles. The van der Waals surface area contributed by atoms with Gasteiger partial charge in [0, 0.05) is 24.0 Å². The van der Waals surface area contributed by atoms with Gasteiger partial charge in [0.05, 0.1) is 5.41 Å². The molecule has 0 unspecified atom stereocenters. The van der Waals surface area contributed by atoms with Gasteiger partial charge in [-0.3, -0.25) is 9.59 Å². The Hall–Kier alpha value is -3.08. The van der Waals surface area contributed by atoms with Gasteiger partial charge in [0.15, 0.2) is 0 Å². The van der Waals surface area contributed by atoms with Crippen molar-refractivity contribution in [1.82, 2.24) is 9.88 Å². The van der Waals surface area contributed by atoms with Gasteiger partial charge in [-0.1, -0.05) is 42.5 Å². The van der Waals surface area contributed by atoms with Gasteiger partial charge in [0.2, 0.25) is 0 Å². The van der Waals surface area contributed by atoms with Gasteiger partial charge in [0.25, 0.3) is 5.91 Å². The van der Waals surface area contributed by atoms with Crippen LogP contribution in [0.15, 0.2) is 54.6 Å². The fraction of sp³-hybridized carbons (Fsp3) is 0.273. The van der Waals surface area contributed by atoms with Gasteiger partial charge in [-0.2, -0.15) is 0 Å². The lowest BCUT2D eigenvalue weighted by molar-refractivity contribution is -0.145. The number of benzene rings is 2. The Bertz CT molecular complexity index is 999. The second-order valence-electron chi connectivity index (χ2n) is 7.32. The molecule has 27 heavy (non-hydrogen) atoms. The van der Waals surface area contributed by atoms with Crippen molar-refractivity contribution in [2.24, 2.45) is 0 Å². The number of piperidine rings is 1. The highest BCUT2D eigenvalue weighted by atomic mass is 16.4. The van der Waals surface area contributed by atoms with E-state index in [1.807, 2.05) is 61.5 Å². The van der Waals surface area contributed by atoms with Crippen molar-refractivity contribution < 1.29 is 14.7 Å². The summed E-state index contributed by atoms with van der Waals surface area (Å²) in [5.41, 5.74) is 2.52. The predicted octanol–water partition coefficient (Wildman–Crippen LogP) is 3.73. The van der Waals surface area contributed by atoms with Crippen molar-refractivity contribution in [3.63, 3.8) is 0 Å². The third-order valence-corrected chi connectivity index (χ3v) is 5.65. The van der Waals surface area contributed by atoms with Gasteiger partial charge >= 0.3 is 5.97 Å². The number of aromatic nitrogens is 1. The first-order chi connectivity index (χ1) is 13.0. The molecule has 5 heteroatoms. The summed E-state index contributed by atoms with van der Waals surface area (Å²) in [6, 6.07) is 17.3. The highest BCUT2D eigenvalue weighted by Gasteiger charge is 2.44. The van der Waals surface area contributed by atoms with Gasteiger partial charge in [0.1, 0.15) is 5.69 Å². The first kappa shape index (κ1) is 17.3. The molecule has 0 aliphatic carbocycles. The number of carboxylic acids is 1. The molecule has 1 aromatic heterocycles. The average Bonchev–Trinajstić information content (AvgIpc) is 3.11. The van der Waals surface area contributed by atoms with Crippen molar-refractivity contribution in [3.8, 4) is 0 Å². The van der Waals surface area contributed by atoms with Gasteiger partial charge in [-0.25, -0.2) is 0 Å². The molecule has 1 aliphatic rings. The Morgan fingerprint density at radius 2 is 1.74 bits per heavy atom. The number of aryl methyl sites for hydroxylation is 1. The standard InChI is InChI=1S/C22H22N2O3/c1-15-7-8-16-14-19(23-18(16)13-15)20(25)24-11-9-22(10-12-24,21(26)27)17-5-3-2-4-6-17/h2-8,13-14,23H,9-12H2,1H3,(H,26,27). The lowest BCUT2D eigenvalue weighted by Gasteiger charge is -2.39. The van der Waals surface area contributed by atoms with Crippen LogP contribution >= 0.6 is 0 Å². The first-order valence-electron chi connectivity index (χ1n) is 9.17. The predicted molar refractivity (Wildman–Crippen MR) is 104 cm³/mol. The molecule has 0 spiro atoms. The van der Waals surface area contributed by atoms with Crippen LogP contribution in [0.3, 0.4) is 0 Å². The van der Waals surface area contributed by atoms with Gasteiger partial charge in [-0.05, 0) is 43.0 Å². The summed E-state index contributed by atoms with van der Waals surface area (Å²) >= 11 is 0. The quantitative estimate of drug-likeness (QED) is 0.745. The Labute approximate surface area is 157 Å². The number of carbonyl (C=O) groups excluding carboxylic acids is 1. The number of H-pyrrole nitrogens is 1. The van der Waals surface area contributed by atoms with Crippen LogP contribution in [-0.4, -0.2) is 40.0 Å². The average molecular weight is 362 g/mol. The molecule has 4 rings (SSSR count). The molecule has 5 nitrogen and oxygen atoms in total. The fourth-order valence-corrected chi connectivity index (χ4v) is 4.00. The smallest absolute Gasteiger partial charge is 0.314 e. The van der Waals surface area contributed by atoms with Crippen molar-refractivity contribution in [2.75, 3.05) is 13.1 Å². The minimum absolute atomic E-state index is 0.0732. The molecule has 0 radical (unpaired) electrons. The minimum atomic E-state index is -0.921. The van der Waals surface area contributed by atoms with E-state index in [2.05, 4.69) is 4.98 Å². The van der Waals surface area contributed by atoms with E-state index in [0.717, 1.165) is 22.0 Å². The number of amides is 1. The fourth-order valence-electron chi connectivity index (χ4n) is 4.00. The highest BCUT2D eigenvalue weighted by Crippen LogP contribution is 2.36. The third kappa shape index (κ3) is 2.99.